The van der Waals surface area contributed by atoms with E-state index in [2.05, 4.69) is 0 Å². The Labute approximate surface area is 99.9 Å². The molecule has 1 heterocycles. The van der Waals surface area contributed by atoms with E-state index in [1.54, 1.807) is 0 Å². The van der Waals surface area contributed by atoms with Gasteiger partial charge in [-0.15, -0.1) is 0 Å². The Morgan fingerprint density at radius 1 is 1.38 bits per heavy atom. The van der Waals surface area contributed by atoms with Crippen molar-refractivity contribution < 1.29 is 14.6 Å². The van der Waals surface area contributed by atoms with E-state index in [1.807, 2.05) is 26.0 Å². The van der Waals surface area contributed by atoms with Crippen molar-refractivity contribution in [2.24, 2.45) is 5.41 Å². The lowest BCUT2D eigenvalue weighted by Crippen LogP contribution is -2.19. The zero-order valence-electron chi connectivity index (χ0n) is 9.42. The van der Waals surface area contributed by atoms with Crippen molar-refractivity contribution in [3.05, 3.63) is 22.7 Å². The predicted octanol–water partition coefficient (Wildman–Crippen LogP) is 2.63. The standard InChI is InChI=1S/C12H15ClO3/c1-12(2,6-14)5-8-3-9(13)11-10(4-8)15-7-16-11/h3-4,14H,5-7H2,1-2H3. The minimum atomic E-state index is -0.156. The molecule has 1 N–H and O–H groups in total. The highest BCUT2D eigenvalue weighted by Crippen LogP contribution is 2.40. The quantitative estimate of drug-likeness (QED) is 0.886. The minimum absolute atomic E-state index is 0.138. The van der Waals surface area contributed by atoms with Gasteiger partial charge in [0.1, 0.15) is 0 Å². The number of ether oxygens (including phenoxy) is 2. The SMILES string of the molecule is CC(C)(CO)Cc1cc(Cl)c2c(c1)OCO2. The fraction of sp³-hybridized carbons (Fsp3) is 0.500. The molecule has 0 spiro atoms. The maximum atomic E-state index is 9.23. The topological polar surface area (TPSA) is 38.7 Å². The average molecular weight is 243 g/mol. The molecule has 2 rings (SSSR count). The first kappa shape index (κ1) is 11.6. The lowest BCUT2D eigenvalue weighted by atomic mass is 9.87. The van der Waals surface area contributed by atoms with Gasteiger partial charge >= 0.3 is 0 Å². The second kappa shape index (κ2) is 4.15. The Bertz CT molecular complexity index is 401. The number of hydrogen-bond donors (Lipinski definition) is 1. The third-order valence-corrected chi connectivity index (χ3v) is 2.88. The zero-order chi connectivity index (χ0) is 11.8. The number of benzene rings is 1. The molecule has 0 saturated carbocycles. The fourth-order valence-corrected chi connectivity index (χ4v) is 2.02. The molecule has 0 fully saturated rings. The van der Waals surface area contributed by atoms with E-state index in [9.17, 15) is 5.11 Å². The van der Waals surface area contributed by atoms with Gasteiger partial charge in [0.25, 0.3) is 0 Å². The van der Waals surface area contributed by atoms with Crippen LogP contribution < -0.4 is 9.47 Å². The van der Waals surface area contributed by atoms with Gasteiger partial charge in [0, 0.05) is 6.61 Å². The van der Waals surface area contributed by atoms with E-state index >= 15 is 0 Å². The molecule has 1 aliphatic heterocycles. The Morgan fingerprint density at radius 2 is 2.12 bits per heavy atom. The summed E-state index contributed by atoms with van der Waals surface area (Å²) in [5, 5.41) is 9.80. The molecule has 0 atom stereocenters. The third kappa shape index (κ3) is 2.25. The summed E-state index contributed by atoms with van der Waals surface area (Å²) in [5.41, 5.74) is 0.894. The molecule has 0 aromatic heterocycles. The van der Waals surface area contributed by atoms with Gasteiger partial charge in [-0.05, 0) is 29.5 Å². The van der Waals surface area contributed by atoms with Crippen LogP contribution in [0.5, 0.6) is 11.5 Å². The van der Waals surface area contributed by atoms with E-state index in [-0.39, 0.29) is 18.8 Å². The monoisotopic (exact) mass is 242 g/mol. The third-order valence-electron chi connectivity index (χ3n) is 2.60. The zero-order valence-corrected chi connectivity index (χ0v) is 10.2. The molecule has 4 heteroatoms. The number of aliphatic hydroxyl groups excluding tert-OH is 1. The van der Waals surface area contributed by atoms with Crippen molar-refractivity contribution in [1.82, 2.24) is 0 Å². The number of aliphatic hydroxyl groups is 1. The average Bonchev–Trinajstić information content (AvgIpc) is 2.65. The molecule has 0 saturated heterocycles. The molecule has 88 valence electrons. The van der Waals surface area contributed by atoms with Crippen molar-refractivity contribution in [3.8, 4) is 11.5 Å². The van der Waals surface area contributed by atoms with Gasteiger partial charge in [-0.3, -0.25) is 0 Å². The van der Waals surface area contributed by atoms with Gasteiger partial charge in [0.05, 0.1) is 5.02 Å². The summed E-state index contributed by atoms with van der Waals surface area (Å²) in [6.07, 6.45) is 0.750. The minimum Gasteiger partial charge on any atom is -0.454 e. The number of rotatable bonds is 3. The Hall–Kier alpha value is -0.930. The van der Waals surface area contributed by atoms with Gasteiger partial charge in [0.2, 0.25) is 6.79 Å². The van der Waals surface area contributed by atoms with Crippen LogP contribution in [0.4, 0.5) is 0 Å². The molecule has 0 unspecified atom stereocenters. The summed E-state index contributed by atoms with van der Waals surface area (Å²) >= 11 is 6.08. The van der Waals surface area contributed by atoms with Crippen molar-refractivity contribution in [2.45, 2.75) is 20.3 Å². The van der Waals surface area contributed by atoms with Gasteiger partial charge in [0.15, 0.2) is 11.5 Å². The lowest BCUT2D eigenvalue weighted by molar-refractivity contribution is 0.159. The maximum absolute atomic E-state index is 9.23. The predicted molar refractivity (Wildman–Crippen MR) is 62.1 cm³/mol. The first-order chi connectivity index (χ1) is 7.52. The van der Waals surface area contributed by atoms with Crippen molar-refractivity contribution in [3.63, 3.8) is 0 Å². The molecule has 16 heavy (non-hydrogen) atoms. The molecule has 1 aromatic rings. The van der Waals surface area contributed by atoms with Crippen LogP contribution in [0.1, 0.15) is 19.4 Å². The van der Waals surface area contributed by atoms with Crippen LogP contribution >= 0.6 is 11.6 Å². The Morgan fingerprint density at radius 3 is 2.81 bits per heavy atom. The highest BCUT2D eigenvalue weighted by atomic mass is 35.5. The lowest BCUT2D eigenvalue weighted by Gasteiger charge is -2.21. The van der Waals surface area contributed by atoms with E-state index in [0.29, 0.717) is 16.5 Å². The van der Waals surface area contributed by atoms with Gasteiger partial charge in [-0.25, -0.2) is 0 Å². The summed E-state index contributed by atoms with van der Waals surface area (Å²) < 4.78 is 10.5. The van der Waals surface area contributed by atoms with Crippen LogP contribution in [-0.4, -0.2) is 18.5 Å². The highest BCUT2D eigenvalue weighted by Gasteiger charge is 2.22. The molecular weight excluding hydrogens is 228 g/mol. The van der Waals surface area contributed by atoms with E-state index in [4.69, 9.17) is 21.1 Å². The van der Waals surface area contributed by atoms with Gasteiger partial charge in [-0.1, -0.05) is 25.4 Å². The summed E-state index contributed by atoms with van der Waals surface area (Å²) in [6.45, 7) is 4.37. The molecule has 0 radical (unpaired) electrons. The number of fused-ring (bicyclic) bond motifs is 1. The van der Waals surface area contributed by atoms with E-state index in [0.717, 1.165) is 12.0 Å². The Balaban J connectivity index is 2.27. The van der Waals surface area contributed by atoms with Crippen molar-refractivity contribution >= 4 is 11.6 Å². The summed E-state index contributed by atoms with van der Waals surface area (Å²) in [4.78, 5) is 0. The van der Waals surface area contributed by atoms with Crippen LogP contribution in [0.15, 0.2) is 12.1 Å². The van der Waals surface area contributed by atoms with Crippen molar-refractivity contribution in [1.29, 1.82) is 0 Å². The van der Waals surface area contributed by atoms with E-state index < -0.39 is 0 Å². The van der Waals surface area contributed by atoms with Gasteiger partial charge in [-0.2, -0.15) is 0 Å². The van der Waals surface area contributed by atoms with Crippen LogP contribution in [-0.2, 0) is 6.42 Å². The Kier molecular flexibility index (Phi) is 3.00. The van der Waals surface area contributed by atoms with Crippen LogP contribution in [0.25, 0.3) is 0 Å². The fourth-order valence-electron chi connectivity index (χ4n) is 1.73. The smallest absolute Gasteiger partial charge is 0.231 e. The van der Waals surface area contributed by atoms with E-state index in [1.165, 1.54) is 0 Å². The van der Waals surface area contributed by atoms with Gasteiger partial charge < -0.3 is 14.6 Å². The van der Waals surface area contributed by atoms with Crippen LogP contribution in [0.3, 0.4) is 0 Å². The normalized spacial score (nSPS) is 14.2. The first-order valence-corrected chi connectivity index (χ1v) is 5.58. The molecule has 1 aromatic carbocycles. The largest absolute Gasteiger partial charge is 0.454 e. The molecule has 0 bridgehead atoms. The molecule has 3 nitrogen and oxygen atoms in total. The molecule has 0 aliphatic carbocycles. The summed E-state index contributed by atoms with van der Waals surface area (Å²) in [6, 6.07) is 3.79. The molecule has 0 amide bonds. The van der Waals surface area contributed by atoms with Crippen LogP contribution in [0, 0.1) is 5.41 Å². The second-order valence-corrected chi connectivity index (χ2v) is 5.22. The van der Waals surface area contributed by atoms with Crippen molar-refractivity contribution in [2.75, 3.05) is 13.4 Å². The number of halogens is 1. The maximum Gasteiger partial charge on any atom is 0.231 e. The summed E-state index contributed by atoms with van der Waals surface area (Å²) in [5.74, 6) is 1.31. The number of hydrogen-bond acceptors (Lipinski definition) is 3. The second-order valence-electron chi connectivity index (χ2n) is 4.81. The first-order valence-electron chi connectivity index (χ1n) is 5.21. The van der Waals surface area contributed by atoms with Crippen LogP contribution in [0.2, 0.25) is 5.02 Å². The molecular formula is C12H15ClO3. The highest BCUT2D eigenvalue weighted by molar-refractivity contribution is 6.32. The summed E-state index contributed by atoms with van der Waals surface area (Å²) in [7, 11) is 0. The molecule has 1 aliphatic rings.